The van der Waals surface area contributed by atoms with Crippen LogP contribution in [0.3, 0.4) is 0 Å². The van der Waals surface area contributed by atoms with Gasteiger partial charge in [0.1, 0.15) is 0 Å². The van der Waals surface area contributed by atoms with Gasteiger partial charge in [0, 0.05) is 5.02 Å². The van der Waals surface area contributed by atoms with Gasteiger partial charge in [-0.05, 0) is 18.2 Å². The standard InChI is InChI=1S/C9H6ClF5N2O/c10-4-1-2-6(5(16)3-4)17-7(18)8(11,12)9(13,14)15/h1-3H,16H2,(H,17,18). The first-order valence-corrected chi connectivity index (χ1v) is 4.74. The molecule has 0 aliphatic rings. The number of alkyl halides is 5. The number of benzene rings is 1. The predicted octanol–water partition coefficient (Wildman–Crippen LogP) is 3.06. The van der Waals surface area contributed by atoms with Gasteiger partial charge in [-0.3, -0.25) is 4.79 Å². The Labute approximate surface area is 103 Å². The van der Waals surface area contributed by atoms with E-state index in [9.17, 15) is 26.7 Å². The average Bonchev–Trinajstić information content (AvgIpc) is 2.20. The number of anilines is 2. The van der Waals surface area contributed by atoms with Crippen LogP contribution in [0.15, 0.2) is 18.2 Å². The van der Waals surface area contributed by atoms with Gasteiger partial charge in [0.15, 0.2) is 0 Å². The Morgan fingerprint density at radius 1 is 1.22 bits per heavy atom. The number of nitrogens with two attached hydrogens (primary N) is 1. The zero-order valence-corrected chi connectivity index (χ0v) is 9.24. The highest BCUT2D eigenvalue weighted by molar-refractivity contribution is 6.31. The molecular weight excluding hydrogens is 283 g/mol. The van der Waals surface area contributed by atoms with Crippen molar-refractivity contribution in [2.75, 3.05) is 11.1 Å². The lowest BCUT2D eigenvalue weighted by Gasteiger charge is -2.19. The van der Waals surface area contributed by atoms with Crippen molar-refractivity contribution in [2.24, 2.45) is 0 Å². The molecule has 0 radical (unpaired) electrons. The second-order valence-corrected chi connectivity index (χ2v) is 3.69. The molecule has 0 heterocycles. The number of hydrogen-bond acceptors (Lipinski definition) is 2. The van der Waals surface area contributed by atoms with Crippen molar-refractivity contribution in [3.8, 4) is 0 Å². The molecule has 1 aromatic carbocycles. The van der Waals surface area contributed by atoms with Crippen LogP contribution in [-0.4, -0.2) is 18.0 Å². The summed E-state index contributed by atoms with van der Waals surface area (Å²) in [7, 11) is 0. The van der Waals surface area contributed by atoms with Crippen LogP contribution in [0.2, 0.25) is 5.02 Å². The van der Waals surface area contributed by atoms with Gasteiger partial charge in [-0.2, -0.15) is 22.0 Å². The summed E-state index contributed by atoms with van der Waals surface area (Å²) in [4.78, 5) is 10.8. The number of carbonyl (C=O) groups is 1. The average molecular weight is 289 g/mol. The maximum atomic E-state index is 12.6. The molecule has 0 saturated carbocycles. The van der Waals surface area contributed by atoms with Crippen molar-refractivity contribution >= 4 is 28.9 Å². The van der Waals surface area contributed by atoms with E-state index in [4.69, 9.17) is 17.3 Å². The molecule has 3 N–H and O–H groups in total. The first kappa shape index (κ1) is 14.5. The third-order valence-corrected chi connectivity index (χ3v) is 2.14. The Bertz CT molecular complexity index is 475. The fraction of sp³-hybridized carbons (Fsp3) is 0.222. The number of rotatable bonds is 2. The Kier molecular flexibility index (Phi) is 3.70. The maximum Gasteiger partial charge on any atom is 0.463 e. The van der Waals surface area contributed by atoms with E-state index in [0.29, 0.717) is 0 Å². The smallest absolute Gasteiger partial charge is 0.397 e. The van der Waals surface area contributed by atoms with Crippen LogP contribution < -0.4 is 11.1 Å². The molecule has 3 nitrogen and oxygen atoms in total. The summed E-state index contributed by atoms with van der Waals surface area (Å²) in [5.74, 6) is -8.01. The minimum absolute atomic E-state index is 0.146. The predicted molar refractivity (Wildman–Crippen MR) is 55.5 cm³/mol. The van der Waals surface area contributed by atoms with Crippen LogP contribution in [0, 0.1) is 0 Å². The van der Waals surface area contributed by atoms with Crippen LogP contribution in [0.5, 0.6) is 0 Å². The summed E-state index contributed by atoms with van der Waals surface area (Å²) in [5.41, 5.74) is 4.69. The van der Waals surface area contributed by atoms with Crippen LogP contribution in [0.1, 0.15) is 0 Å². The summed E-state index contributed by atoms with van der Waals surface area (Å²) in [6, 6.07) is 3.30. The number of nitrogens with one attached hydrogen (secondary N) is 1. The fourth-order valence-corrected chi connectivity index (χ4v) is 1.16. The van der Waals surface area contributed by atoms with Crippen molar-refractivity contribution in [3.05, 3.63) is 23.2 Å². The minimum Gasteiger partial charge on any atom is -0.397 e. The van der Waals surface area contributed by atoms with Gasteiger partial charge in [0.2, 0.25) is 0 Å². The van der Waals surface area contributed by atoms with E-state index in [1.165, 1.54) is 11.4 Å². The molecule has 0 saturated heterocycles. The molecule has 1 rings (SSSR count). The Hall–Kier alpha value is -1.57. The lowest BCUT2D eigenvalue weighted by Crippen LogP contribution is -2.47. The zero-order chi connectivity index (χ0) is 14.1. The Morgan fingerprint density at radius 3 is 2.22 bits per heavy atom. The van der Waals surface area contributed by atoms with Crippen molar-refractivity contribution in [2.45, 2.75) is 12.1 Å². The molecule has 0 fully saturated rings. The van der Waals surface area contributed by atoms with Crippen molar-refractivity contribution in [3.63, 3.8) is 0 Å². The summed E-state index contributed by atoms with van der Waals surface area (Å²) in [5, 5.41) is 1.54. The summed E-state index contributed by atoms with van der Waals surface area (Å²) < 4.78 is 60.9. The van der Waals surface area contributed by atoms with Crippen molar-refractivity contribution in [1.82, 2.24) is 0 Å². The molecule has 100 valence electrons. The fourth-order valence-electron chi connectivity index (χ4n) is 0.977. The number of hydrogen-bond donors (Lipinski definition) is 2. The molecule has 0 spiro atoms. The van der Waals surface area contributed by atoms with E-state index in [1.807, 2.05) is 0 Å². The molecule has 0 aliphatic carbocycles. The largest absolute Gasteiger partial charge is 0.463 e. The monoisotopic (exact) mass is 288 g/mol. The molecule has 0 aromatic heterocycles. The topological polar surface area (TPSA) is 55.1 Å². The number of carbonyl (C=O) groups excluding carboxylic acids is 1. The molecule has 1 amide bonds. The third kappa shape index (κ3) is 2.81. The minimum atomic E-state index is -5.97. The van der Waals surface area contributed by atoms with Gasteiger partial charge in [-0.25, -0.2) is 0 Å². The third-order valence-electron chi connectivity index (χ3n) is 1.90. The molecule has 0 unspecified atom stereocenters. The first-order chi connectivity index (χ1) is 8.05. The van der Waals surface area contributed by atoms with E-state index in [1.54, 1.807) is 0 Å². The second-order valence-electron chi connectivity index (χ2n) is 3.26. The SMILES string of the molecule is Nc1cc(Cl)ccc1NC(=O)C(F)(F)C(F)(F)F. The van der Waals surface area contributed by atoms with E-state index >= 15 is 0 Å². The highest BCUT2D eigenvalue weighted by atomic mass is 35.5. The normalized spacial score (nSPS) is 12.3. The van der Waals surface area contributed by atoms with E-state index in [0.717, 1.165) is 12.1 Å². The lowest BCUT2D eigenvalue weighted by molar-refractivity contribution is -0.267. The van der Waals surface area contributed by atoms with Crippen molar-refractivity contribution in [1.29, 1.82) is 0 Å². The molecule has 0 atom stereocenters. The lowest BCUT2D eigenvalue weighted by atomic mass is 10.2. The Balaban J connectivity index is 2.95. The molecular formula is C9H6ClF5N2O. The van der Waals surface area contributed by atoms with Crippen molar-refractivity contribution < 1.29 is 26.7 Å². The number of amides is 1. The highest BCUT2D eigenvalue weighted by Gasteiger charge is 2.63. The van der Waals surface area contributed by atoms with E-state index in [-0.39, 0.29) is 16.4 Å². The summed E-state index contributed by atoms with van der Waals surface area (Å²) >= 11 is 5.50. The van der Waals surface area contributed by atoms with E-state index < -0.39 is 18.0 Å². The number of nitrogen functional groups attached to an aromatic ring is 1. The van der Waals surface area contributed by atoms with Gasteiger partial charge < -0.3 is 11.1 Å². The maximum absolute atomic E-state index is 12.6. The van der Waals surface area contributed by atoms with Gasteiger partial charge in [-0.15, -0.1) is 0 Å². The van der Waals surface area contributed by atoms with Crippen LogP contribution in [0.4, 0.5) is 33.3 Å². The van der Waals surface area contributed by atoms with E-state index in [2.05, 4.69) is 0 Å². The van der Waals surface area contributed by atoms with Crippen LogP contribution in [-0.2, 0) is 4.79 Å². The first-order valence-electron chi connectivity index (χ1n) is 4.36. The molecule has 18 heavy (non-hydrogen) atoms. The Morgan fingerprint density at radius 2 is 1.78 bits per heavy atom. The summed E-state index contributed by atoms with van der Waals surface area (Å²) in [6.45, 7) is 0. The zero-order valence-electron chi connectivity index (χ0n) is 8.49. The van der Waals surface area contributed by atoms with Gasteiger partial charge in [0.05, 0.1) is 11.4 Å². The van der Waals surface area contributed by atoms with Crippen LogP contribution >= 0.6 is 11.6 Å². The highest BCUT2D eigenvalue weighted by Crippen LogP contribution is 2.36. The molecule has 9 heteroatoms. The number of halogens is 6. The van der Waals surface area contributed by atoms with Gasteiger partial charge in [0.25, 0.3) is 0 Å². The second kappa shape index (κ2) is 4.60. The quantitative estimate of drug-likeness (QED) is 0.649. The van der Waals surface area contributed by atoms with Gasteiger partial charge >= 0.3 is 18.0 Å². The van der Waals surface area contributed by atoms with Crippen LogP contribution in [0.25, 0.3) is 0 Å². The van der Waals surface area contributed by atoms with Gasteiger partial charge in [-0.1, -0.05) is 11.6 Å². The molecule has 0 bridgehead atoms. The molecule has 0 aliphatic heterocycles. The summed E-state index contributed by atoms with van der Waals surface area (Å²) in [6.07, 6.45) is -5.97. The molecule has 1 aromatic rings.